The Balaban J connectivity index is 2.39. The predicted octanol–water partition coefficient (Wildman–Crippen LogP) is 3.86. The fraction of sp³-hybridized carbons (Fsp3) is 0.562. The van der Waals surface area contributed by atoms with E-state index < -0.39 is 5.60 Å². The van der Waals surface area contributed by atoms with Gasteiger partial charge in [-0.3, -0.25) is 0 Å². The van der Waals surface area contributed by atoms with E-state index in [1.54, 1.807) is 25.6 Å². The monoisotopic (exact) mass is 310 g/mol. The van der Waals surface area contributed by atoms with Crippen LogP contribution in [0.4, 0.5) is 10.5 Å². The Morgan fingerprint density at radius 3 is 2.67 bits per heavy atom. The van der Waals surface area contributed by atoms with Crippen molar-refractivity contribution < 1.29 is 9.90 Å². The van der Waals surface area contributed by atoms with Gasteiger partial charge in [0.1, 0.15) is 0 Å². The van der Waals surface area contributed by atoms with Crippen molar-refractivity contribution in [2.24, 2.45) is 0 Å². The van der Waals surface area contributed by atoms with Gasteiger partial charge in [-0.15, -0.1) is 11.8 Å². The molecule has 0 aliphatic rings. The van der Waals surface area contributed by atoms with Gasteiger partial charge in [0, 0.05) is 10.9 Å². The first kappa shape index (κ1) is 17.9. The highest BCUT2D eigenvalue weighted by atomic mass is 32.2. The zero-order valence-electron chi connectivity index (χ0n) is 13.3. The summed E-state index contributed by atoms with van der Waals surface area (Å²) in [6, 6.07) is 7.62. The number of aliphatic hydroxyl groups is 1. The second-order valence-corrected chi connectivity index (χ2v) is 6.75. The van der Waals surface area contributed by atoms with Gasteiger partial charge in [0.2, 0.25) is 0 Å². The van der Waals surface area contributed by atoms with Crippen molar-refractivity contribution in [2.45, 2.75) is 56.6 Å². The highest BCUT2D eigenvalue weighted by molar-refractivity contribution is 7.98. The number of hydrogen-bond donors (Lipinski definition) is 3. The van der Waals surface area contributed by atoms with Gasteiger partial charge in [0.15, 0.2) is 0 Å². The summed E-state index contributed by atoms with van der Waals surface area (Å²) in [6.45, 7) is 5.58. The molecule has 0 aliphatic carbocycles. The molecule has 5 heteroatoms. The minimum absolute atomic E-state index is 0.0776. The first-order valence-electron chi connectivity index (χ1n) is 7.25. The first-order valence-corrected chi connectivity index (χ1v) is 8.47. The van der Waals surface area contributed by atoms with Crippen LogP contribution in [0, 0.1) is 0 Å². The third kappa shape index (κ3) is 7.39. The van der Waals surface area contributed by atoms with Crippen molar-refractivity contribution in [1.82, 2.24) is 5.32 Å². The Hall–Kier alpha value is -1.20. The fourth-order valence-electron chi connectivity index (χ4n) is 2.04. The van der Waals surface area contributed by atoms with Crippen molar-refractivity contribution in [3.05, 3.63) is 24.3 Å². The molecule has 1 aromatic rings. The number of urea groups is 1. The number of amides is 2. The molecule has 0 saturated heterocycles. The number of nitrogens with one attached hydrogen (secondary N) is 2. The van der Waals surface area contributed by atoms with Crippen LogP contribution in [0.3, 0.4) is 0 Å². The molecule has 0 aromatic heterocycles. The zero-order chi connectivity index (χ0) is 15.9. The molecule has 0 heterocycles. The number of hydrogen-bond acceptors (Lipinski definition) is 3. The Labute approximate surface area is 131 Å². The lowest BCUT2D eigenvalue weighted by atomic mass is 10.00. The van der Waals surface area contributed by atoms with Crippen molar-refractivity contribution in [3.63, 3.8) is 0 Å². The number of para-hydroxylation sites is 1. The Bertz CT molecular complexity index is 458. The molecule has 1 atom stereocenters. The van der Waals surface area contributed by atoms with Crippen LogP contribution in [0.25, 0.3) is 0 Å². The van der Waals surface area contributed by atoms with Crippen molar-refractivity contribution in [2.75, 3.05) is 11.6 Å². The maximum Gasteiger partial charge on any atom is 0.319 e. The minimum atomic E-state index is -0.640. The second-order valence-electron chi connectivity index (χ2n) is 5.90. The third-order valence-corrected chi connectivity index (χ3v) is 3.95. The number of rotatable bonds is 7. The number of carbonyl (C=O) groups excluding carboxylic acids is 1. The SMILES string of the molecule is CSc1ccccc1NC(=O)NC(C)CCCC(C)(C)O. The molecule has 3 N–H and O–H groups in total. The second kappa shape index (κ2) is 8.29. The lowest BCUT2D eigenvalue weighted by Crippen LogP contribution is -2.36. The predicted molar refractivity (Wildman–Crippen MR) is 90.0 cm³/mol. The highest BCUT2D eigenvalue weighted by Gasteiger charge is 2.14. The number of anilines is 1. The van der Waals surface area contributed by atoms with Crippen LogP contribution in [0.1, 0.15) is 40.0 Å². The number of carbonyl (C=O) groups is 1. The van der Waals surface area contributed by atoms with E-state index >= 15 is 0 Å². The normalized spacial score (nSPS) is 12.8. The van der Waals surface area contributed by atoms with E-state index in [2.05, 4.69) is 10.6 Å². The van der Waals surface area contributed by atoms with Gasteiger partial charge in [0.05, 0.1) is 11.3 Å². The van der Waals surface area contributed by atoms with Crippen LogP contribution < -0.4 is 10.6 Å². The molecule has 0 fully saturated rings. The van der Waals surface area contributed by atoms with E-state index in [1.165, 1.54) is 0 Å². The largest absolute Gasteiger partial charge is 0.390 e. The van der Waals surface area contributed by atoms with Gasteiger partial charge in [0.25, 0.3) is 0 Å². The van der Waals surface area contributed by atoms with Crippen LogP contribution in [-0.2, 0) is 0 Å². The summed E-state index contributed by atoms with van der Waals surface area (Å²) in [4.78, 5) is 13.0. The number of thioether (sulfide) groups is 1. The molecule has 1 rings (SSSR count). The Kier molecular flexibility index (Phi) is 7.05. The molecule has 0 spiro atoms. The van der Waals surface area contributed by atoms with Gasteiger partial charge in [-0.1, -0.05) is 12.1 Å². The quantitative estimate of drug-likeness (QED) is 0.670. The van der Waals surface area contributed by atoms with Crippen molar-refractivity contribution in [1.29, 1.82) is 0 Å². The van der Waals surface area contributed by atoms with Gasteiger partial charge in [-0.25, -0.2) is 4.79 Å². The maximum absolute atomic E-state index is 12.0. The molecule has 1 aromatic carbocycles. The van der Waals surface area contributed by atoms with Gasteiger partial charge >= 0.3 is 6.03 Å². The molecule has 1 unspecified atom stereocenters. The lowest BCUT2D eigenvalue weighted by molar-refractivity contribution is 0.0676. The average molecular weight is 310 g/mol. The number of benzene rings is 1. The maximum atomic E-state index is 12.0. The van der Waals surface area contributed by atoms with Crippen LogP contribution in [0.5, 0.6) is 0 Å². The van der Waals surface area contributed by atoms with Crippen LogP contribution >= 0.6 is 11.8 Å². The molecular formula is C16H26N2O2S. The summed E-state index contributed by atoms with van der Waals surface area (Å²) in [5.74, 6) is 0. The lowest BCUT2D eigenvalue weighted by Gasteiger charge is -2.19. The van der Waals surface area contributed by atoms with Crippen molar-refractivity contribution >= 4 is 23.5 Å². The molecule has 0 aliphatic heterocycles. The summed E-state index contributed by atoms with van der Waals surface area (Å²) in [5, 5.41) is 15.5. The Morgan fingerprint density at radius 1 is 1.38 bits per heavy atom. The molecule has 0 saturated carbocycles. The topological polar surface area (TPSA) is 61.4 Å². The van der Waals surface area contributed by atoms with Crippen LogP contribution in [0.2, 0.25) is 0 Å². The molecular weight excluding hydrogens is 284 g/mol. The summed E-state index contributed by atoms with van der Waals surface area (Å²) in [7, 11) is 0. The Morgan fingerprint density at radius 2 is 2.05 bits per heavy atom. The van der Waals surface area contributed by atoms with Crippen LogP contribution in [-0.4, -0.2) is 29.0 Å². The van der Waals surface area contributed by atoms with E-state index in [1.807, 2.05) is 37.4 Å². The van der Waals surface area contributed by atoms with E-state index in [0.717, 1.165) is 29.8 Å². The van der Waals surface area contributed by atoms with E-state index in [-0.39, 0.29) is 12.1 Å². The zero-order valence-corrected chi connectivity index (χ0v) is 14.1. The summed E-state index contributed by atoms with van der Waals surface area (Å²) >= 11 is 1.60. The standard InChI is InChI=1S/C16H26N2O2S/c1-12(8-7-11-16(2,3)20)17-15(19)18-13-9-5-6-10-14(13)21-4/h5-6,9-10,12,20H,7-8,11H2,1-4H3,(H2,17,18,19). The average Bonchev–Trinajstić information content (AvgIpc) is 2.37. The smallest absolute Gasteiger partial charge is 0.319 e. The first-order chi connectivity index (χ1) is 9.81. The molecule has 0 bridgehead atoms. The van der Waals surface area contributed by atoms with E-state index in [9.17, 15) is 9.90 Å². The fourth-order valence-corrected chi connectivity index (χ4v) is 2.60. The van der Waals surface area contributed by atoms with Crippen LogP contribution in [0.15, 0.2) is 29.2 Å². The molecule has 118 valence electrons. The highest BCUT2D eigenvalue weighted by Crippen LogP contribution is 2.24. The third-order valence-electron chi connectivity index (χ3n) is 3.16. The van der Waals surface area contributed by atoms with Gasteiger partial charge in [-0.2, -0.15) is 0 Å². The van der Waals surface area contributed by atoms with E-state index in [4.69, 9.17) is 0 Å². The van der Waals surface area contributed by atoms with Gasteiger partial charge in [-0.05, 0) is 58.4 Å². The summed E-state index contributed by atoms with van der Waals surface area (Å²) < 4.78 is 0. The summed E-state index contributed by atoms with van der Waals surface area (Å²) in [5.41, 5.74) is 0.186. The molecule has 2 amide bonds. The van der Waals surface area contributed by atoms with Gasteiger partial charge < -0.3 is 15.7 Å². The van der Waals surface area contributed by atoms with Crippen molar-refractivity contribution in [3.8, 4) is 0 Å². The van der Waals surface area contributed by atoms with E-state index in [0.29, 0.717) is 0 Å². The molecule has 0 radical (unpaired) electrons. The minimum Gasteiger partial charge on any atom is -0.390 e. The summed E-state index contributed by atoms with van der Waals surface area (Å²) in [6.07, 6.45) is 4.45. The molecule has 21 heavy (non-hydrogen) atoms. The molecule has 4 nitrogen and oxygen atoms in total.